The van der Waals surface area contributed by atoms with Crippen LogP contribution >= 0.6 is 38.9 Å². The summed E-state index contributed by atoms with van der Waals surface area (Å²) >= 11 is 11.0. The summed E-state index contributed by atoms with van der Waals surface area (Å²) in [6.07, 6.45) is 0.990. The van der Waals surface area contributed by atoms with Gasteiger partial charge in [-0.05, 0) is 53.5 Å². The largest absolute Gasteiger partial charge is 0.306 e. The van der Waals surface area contributed by atoms with Crippen LogP contribution in [-0.2, 0) is 0 Å². The molecule has 0 saturated carbocycles. The molecule has 20 heavy (non-hydrogen) atoms. The minimum Gasteiger partial charge on any atom is -0.306 e. The zero-order valence-electron chi connectivity index (χ0n) is 11.3. The van der Waals surface area contributed by atoms with Gasteiger partial charge in [-0.1, -0.05) is 30.7 Å². The normalized spacial score (nSPS) is 12.7. The maximum Gasteiger partial charge on any atom is 0.128 e. The van der Waals surface area contributed by atoms with E-state index in [1.807, 2.05) is 25.1 Å². The van der Waals surface area contributed by atoms with E-state index in [1.165, 1.54) is 11.3 Å². The Morgan fingerprint density at radius 1 is 1.40 bits per heavy atom. The van der Waals surface area contributed by atoms with E-state index in [2.05, 4.69) is 28.2 Å². The fraction of sp³-hybridized carbons (Fsp3) is 0.333. The van der Waals surface area contributed by atoms with Crippen molar-refractivity contribution >= 4 is 38.9 Å². The van der Waals surface area contributed by atoms with Crippen molar-refractivity contribution in [1.29, 1.82) is 0 Å². The molecule has 108 valence electrons. The average Bonchev–Trinajstić information content (AvgIpc) is 2.72. The third kappa shape index (κ3) is 3.61. The maximum atomic E-state index is 14.2. The number of nitrogens with one attached hydrogen (secondary N) is 1. The van der Waals surface area contributed by atoms with E-state index in [-0.39, 0.29) is 11.9 Å². The van der Waals surface area contributed by atoms with Crippen molar-refractivity contribution in [3.05, 3.63) is 54.9 Å². The van der Waals surface area contributed by atoms with E-state index in [9.17, 15) is 4.39 Å². The molecule has 0 radical (unpaired) electrons. The molecule has 0 spiro atoms. The van der Waals surface area contributed by atoms with Gasteiger partial charge >= 0.3 is 0 Å². The maximum absolute atomic E-state index is 14.2. The standard InChI is InChI=1S/C15H16BrClFNS/c1-3-6-19-14(13-8-11(16)15(17)20-13)10-5-4-9(2)7-12(10)18/h4-5,7-8,14,19H,3,6H2,1-2H3. The minimum atomic E-state index is -0.181. The Kier molecular flexibility index (Phi) is 5.61. The molecule has 5 heteroatoms. The summed E-state index contributed by atoms with van der Waals surface area (Å²) in [7, 11) is 0. The molecule has 2 rings (SSSR count). The van der Waals surface area contributed by atoms with E-state index in [0.717, 1.165) is 27.9 Å². The van der Waals surface area contributed by atoms with Gasteiger partial charge in [-0.2, -0.15) is 0 Å². The molecular weight excluding hydrogens is 361 g/mol. The molecule has 1 unspecified atom stereocenters. The monoisotopic (exact) mass is 375 g/mol. The second kappa shape index (κ2) is 7.03. The molecule has 1 aromatic carbocycles. The third-order valence-corrected chi connectivity index (χ3v) is 5.55. The first-order valence-electron chi connectivity index (χ1n) is 6.47. The van der Waals surface area contributed by atoms with Gasteiger partial charge < -0.3 is 5.32 Å². The van der Waals surface area contributed by atoms with E-state index in [4.69, 9.17) is 11.6 Å². The van der Waals surface area contributed by atoms with E-state index < -0.39 is 0 Å². The Bertz CT molecular complexity index is 580. The van der Waals surface area contributed by atoms with Gasteiger partial charge in [0.2, 0.25) is 0 Å². The van der Waals surface area contributed by atoms with Crippen LogP contribution in [0.4, 0.5) is 4.39 Å². The summed E-state index contributed by atoms with van der Waals surface area (Å²) in [6, 6.07) is 7.15. The van der Waals surface area contributed by atoms with E-state index >= 15 is 0 Å². The lowest BCUT2D eigenvalue weighted by atomic mass is 10.0. The highest BCUT2D eigenvalue weighted by Gasteiger charge is 2.20. The fourth-order valence-electron chi connectivity index (χ4n) is 2.02. The van der Waals surface area contributed by atoms with Crippen LogP contribution in [0.2, 0.25) is 4.34 Å². The van der Waals surface area contributed by atoms with Gasteiger partial charge in [-0.3, -0.25) is 0 Å². The molecule has 0 aliphatic rings. The van der Waals surface area contributed by atoms with Crippen LogP contribution in [0.15, 0.2) is 28.7 Å². The van der Waals surface area contributed by atoms with Crippen molar-refractivity contribution in [1.82, 2.24) is 5.32 Å². The second-order valence-corrected chi connectivity index (χ2v) is 7.22. The van der Waals surface area contributed by atoms with E-state index in [0.29, 0.717) is 9.90 Å². The molecule has 1 heterocycles. The first-order valence-corrected chi connectivity index (χ1v) is 8.45. The molecule has 1 nitrogen and oxygen atoms in total. The van der Waals surface area contributed by atoms with E-state index in [1.54, 1.807) is 6.07 Å². The lowest BCUT2D eigenvalue weighted by Gasteiger charge is -2.18. The molecule has 0 saturated heterocycles. The molecule has 0 aliphatic carbocycles. The molecule has 0 amide bonds. The van der Waals surface area contributed by atoms with Gasteiger partial charge in [0.05, 0.1) is 6.04 Å². The Morgan fingerprint density at radius 2 is 2.15 bits per heavy atom. The number of thiophene rings is 1. The van der Waals surface area contributed by atoms with Crippen LogP contribution in [-0.4, -0.2) is 6.54 Å². The molecule has 0 bridgehead atoms. The summed E-state index contributed by atoms with van der Waals surface area (Å²) in [4.78, 5) is 1.01. The molecular formula is C15H16BrClFNS. The van der Waals surface area contributed by atoms with Crippen molar-refractivity contribution in [3.63, 3.8) is 0 Å². The van der Waals surface area contributed by atoms with Crippen LogP contribution in [0.25, 0.3) is 0 Å². The number of halogens is 3. The quantitative estimate of drug-likeness (QED) is 0.705. The Hall–Kier alpha value is -0.420. The third-order valence-electron chi connectivity index (χ3n) is 3.01. The first kappa shape index (κ1) is 16.0. The van der Waals surface area contributed by atoms with Gasteiger partial charge in [0, 0.05) is 14.9 Å². The number of rotatable bonds is 5. The van der Waals surface area contributed by atoms with Crippen LogP contribution in [0, 0.1) is 12.7 Å². The Balaban J connectivity index is 2.41. The molecule has 2 aromatic rings. The first-order chi connectivity index (χ1) is 9.52. The summed E-state index contributed by atoms with van der Waals surface area (Å²) in [5.41, 5.74) is 1.58. The van der Waals surface area contributed by atoms with Crippen LogP contribution < -0.4 is 5.32 Å². The van der Waals surface area contributed by atoms with Crippen LogP contribution in [0.1, 0.15) is 35.4 Å². The van der Waals surface area contributed by atoms with Crippen LogP contribution in [0.5, 0.6) is 0 Å². The predicted octanol–water partition coefficient (Wildman–Crippen LogP) is 5.70. The van der Waals surface area contributed by atoms with Crippen LogP contribution in [0.3, 0.4) is 0 Å². The van der Waals surface area contributed by atoms with Gasteiger partial charge in [0.1, 0.15) is 10.2 Å². The Labute approximate surface area is 136 Å². The number of hydrogen-bond donors (Lipinski definition) is 1. The summed E-state index contributed by atoms with van der Waals surface area (Å²) in [5.74, 6) is -0.181. The van der Waals surface area contributed by atoms with Crippen molar-refractivity contribution < 1.29 is 4.39 Å². The number of hydrogen-bond acceptors (Lipinski definition) is 2. The molecule has 1 aromatic heterocycles. The minimum absolute atomic E-state index is 0.163. The molecule has 1 N–H and O–H groups in total. The lowest BCUT2D eigenvalue weighted by molar-refractivity contribution is 0.550. The highest BCUT2D eigenvalue weighted by atomic mass is 79.9. The molecule has 0 aliphatic heterocycles. The van der Waals surface area contributed by atoms with Crippen molar-refractivity contribution in [2.45, 2.75) is 26.3 Å². The zero-order valence-corrected chi connectivity index (χ0v) is 14.5. The number of aryl methyl sites for hydroxylation is 1. The van der Waals surface area contributed by atoms with Gasteiger partial charge in [-0.25, -0.2) is 4.39 Å². The second-order valence-electron chi connectivity index (χ2n) is 4.68. The molecule has 1 atom stereocenters. The highest BCUT2D eigenvalue weighted by molar-refractivity contribution is 9.10. The summed E-state index contributed by atoms with van der Waals surface area (Å²) in [5, 5.41) is 3.39. The Morgan fingerprint density at radius 3 is 2.70 bits per heavy atom. The smallest absolute Gasteiger partial charge is 0.128 e. The predicted molar refractivity (Wildman–Crippen MR) is 88.3 cm³/mol. The van der Waals surface area contributed by atoms with Crippen molar-refractivity contribution in [3.8, 4) is 0 Å². The summed E-state index contributed by atoms with van der Waals surface area (Å²) < 4.78 is 15.8. The van der Waals surface area contributed by atoms with Crippen molar-refractivity contribution in [2.24, 2.45) is 0 Å². The SMILES string of the molecule is CCCNC(c1cc(Br)c(Cl)s1)c1ccc(C)cc1F. The number of benzene rings is 1. The zero-order chi connectivity index (χ0) is 14.7. The summed E-state index contributed by atoms with van der Waals surface area (Å²) in [6.45, 7) is 4.80. The van der Waals surface area contributed by atoms with Gasteiger partial charge in [0.15, 0.2) is 0 Å². The molecule has 0 fully saturated rings. The van der Waals surface area contributed by atoms with Crippen molar-refractivity contribution in [2.75, 3.05) is 6.54 Å². The van der Waals surface area contributed by atoms with Gasteiger partial charge in [0.25, 0.3) is 0 Å². The average molecular weight is 377 g/mol. The fourth-order valence-corrected chi connectivity index (χ4v) is 3.86. The van der Waals surface area contributed by atoms with Gasteiger partial charge in [-0.15, -0.1) is 11.3 Å². The topological polar surface area (TPSA) is 12.0 Å². The lowest BCUT2D eigenvalue weighted by Crippen LogP contribution is -2.23. The highest BCUT2D eigenvalue weighted by Crippen LogP contribution is 2.38.